The average molecular weight is 477 g/mol. The van der Waals surface area contributed by atoms with Crippen LogP contribution in [0.3, 0.4) is 0 Å². The summed E-state index contributed by atoms with van der Waals surface area (Å²) in [7, 11) is 2.05. The van der Waals surface area contributed by atoms with Crippen molar-refractivity contribution < 1.29 is 23.8 Å². The van der Waals surface area contributed by atoms with E-state index in [9.17, 15) is 14.3 Å². The zero-order valence-corrected chi connectivity index (χ0v) is 19.1. The lowest BCUT2D eigenvalue weighted by Crippen LogP contribution is -2.54. The molecule has 176 valence electrons. The van der Waals surface area contributed by atoms with Gasteiger partial charge < -0.3 is 29.7 Å². The summed E-state index contributed by atoms with van der Waals surface area (Å²) in [6.45, 7) is 3.72. The maximum atomic E-state index is 14.8. The number of hydrogen-bond donors (Lipinski definition) is 2. The summed E-state index contributed by atoms with van der Waals surface area (Å²) in [5.74, 6) is -1.08. The minimum Gasteiger partial charge on any atom is -0.507 e. The van der Waals surface area contributed by atoms with E-state index in [4.69, 9.17) is 21.1 Å². The molecule has 5 rings (SSSR count). The van der Waals surface area contributed by atoms with Crippen LogP contribution in [-0.4, -0.2) is 84.3 Å². The van der Waals surface area contributed by atoms with Crippen LogP contribution in [0.5, 0.6) is 17.4 Å². The Morgan fingerprint density at radius 2 is 2.06 bits per heavy atom. The molecular weight excluding hydrogens is 451 g/mol. The molecule has 1 amide bonds. The van der Waals surface area contributed by atoms with Crippen molar-refractivity contribution in [3.63, 3.8) is 0 Å². The Labute approximate surface area is 196 Å². The molecule has 2 saturated heterocycles. The molecule has 0 saturated carbocycles. The predicted octanol–water partition coefficient (Wildman–Crippen LogP) is 2.53. The SMILES string of the molecule is CN1CCC(Oc2nc(-c3c(O)cccc3F)c(Cl)c3c2C(=O)N2CCNC[C@@H]2CO3)CC1. The van der Waals surface area contributed by atoms with Crippen LogP contribution in [-0.2, 0) is 0 Å². The number of carbonyl (C=O) groups excluding carboxylic acids is 1. The van der Waals surface area contributed by atoms with Crippen LogP contribution in [0.2, 0.25) is 5.02 Å². The minimum atomic E-state index is -0.684. The van der Waals surface area contributed by atoms with Crippen LogP contribution in [0.25, 0.3) is 11.3 Å². The lowest BCUT2D eigenvalue weighted by atomic mass is 10.1. The summed E-state index contributed by atoms with van der Waals surface area (Å²) in [6.07, 6.45) is 1.37. The van der Waals surface area contributed by atoms with Crippen LogP contribution < -0.4 is 14.8 Å². The smallest absolute Gasteiger partial charge is 0.263 e. The molecule has 2 fully saturated rings. The molecule has 2 N–H and O–H groups in total. The summed E-state index contributed by atoms with van der Waals surface area (Å²) in [4.78, 5) is 22.1. The van der Waals surface area contributed by atoms with E-state index in [-0.39, 0.29) is 63.9 Å². The third-order valence-corrected chi connectivity index (χ3v) is 6.83. The molecule has 1 aromatic heterocycles. The second-order valence-corrected chi connectivity index (χ2v) is 9.08. The molecule has 0 spiro atoms. The average Bonchev–Trinajstić information content (AvgIpc) is 2.95. The monoisotopic (exact) mass is 476 g/mol. The lowest BCUT2D eigenvalue weighted by molar-refractivity contribution is 0.0596. The van der Waals surface area contributed by atoms with Gasteiger partial charge in [0.25, 0.3) is 5.91 Å². The topological polar surface area (TPSA) is 87.2 Å². The number of carbonyl (C=O) groups is 1. The van der Waals surface area contributed by atoms with E-state index in [0.717, 1.165) is 25.9 Å². The highest BCUT2D eigenvalue weighted by Crippen LogP contribution is 2.46. The number of rotatable bonds is 3. The van der Waals surface area contributed by atoms with Crippen molar-refractivity contribution in [3.8, 4) is 28.6 Å². The van der Waals surface area contributed by atoms with Crippen LogP contribution in [0.15, 0.2) is 18.2 Å². The first-order valence-electron chi connectivity index (χ1n) is 11.1. The highest BCUT2D eigenvalue weighted by Gasteiger charge is 2.39. The van der Waals surface area contributed by atoms with E-state index in [0.29, 0.717) is 19.6 Å². The fraction of sp³-hybridized carbons (Fsp3) is 0.478. The Balaban J connectivity index is 1.65. The summed E-state index contributed by atoms with van der Waals surface area (Å²) in [6, 6.07) is 3.80. The van der Waals surface area contributed by atoms with Crippen molar-refractivity contribution in [1.29, 1.82) is 0 Å². The number of amides is 1. The number of fused-ring (bicyclic) bond motifs is 2. The maximum absolute atomic E-state index is 14.8. The first-order chi connectivity index (χ1) is 15.9. The van der Waals surface area contributed by atoms with Gasteiger partial charge >= 0.3 is 0 Å². The van der Waals surface area contributed by atoms with Gasteiger partial charge in [0.1, 0.15) is 40.6 Å². The molecule has 0 aliphatic carbocycles. The van der Waals surface area contributed by atoms with Gasteiger partial charge in [0.05, 0.1) is 11.6 Å². The van der Waals surface area contributed by atoms with E-state index in [1.165, 1.54) is 18.2 Å². The number of phenols is 1. The standard InChI is InChI=1S/C23H26ClFN4O4/c1-28-8-5-14(6-9-28)33-22-18-21(32-12-13-11-26-7-10-29(13)23(18)31)19(24)20(27-22)17-15(25)3-2-4-16(17)30/h2-4,13-14,26,30H,5-12H2,1H3/t13-/m1/s1. The molecule has 2 aromatic rings. The van der Waals surface area contributed by atoms with E-state index in [1.54, 1.807) is 4.90 Å². The molecule has 3 aliphatic heterocycles. The summed E-state index contributed by atoms with van der Waals surface area (Å²) < 4.78 is 27.1. The Hall–Kier alpha value is -2.62. The number of aromatic nitrogens is 1. The van der Waals surface area contributed by atoms with Crippen molar-refractivity contribution in [1.82, 2.24) is 20.1 Å². The molecule has 33 heavy (non-hydrogen) atoms. The fourth-order valence-electron chi connectivity index (χ4n) is 4.60. The summed E-state index contributed by atoms with van der Waals surface area (Å²) in [5, 5.41) is 13.6. The summed E-state index contributed by atoms with van der Waals surface area (Å²) in [5.41, 5.74) is -0.0131. The number of benzene rings is 1. The number of likely N-dealkylation sites (tertiary alicyclic amines) is 1. The Kier molecular flexibility index (Phi) is 6.03. The van der Waals surface area contributed by atoms with Crippen molar-refractivity contribution in [2.75, 3.05) is 46.4 Å². The highest BCUT2D eigenvalue weighted by molar-refractivity contribution is 6.35. The number of phenolic OH excluding ortho intramolecular Hbond substituents is 1. The number of piperazine rings is 1. The van der Waals surface area contributed by atoms with Crippen LogP contribution in [0.4, 0.5) is 4.39 Å². The molecule has 8 nitrogen and oxygen atoms in total. The fourth-order valence-corrected chi connectivity index (χ4v) is 4.89. The Morgan fingerprint density at radius 1 is 1.27 bits per heavy atom. The second-order valence-electron chi connectivity index (χ2n) is 8.71. The number of halogens is 2. The number of hydrogen-bond acceptors (Lipinski definition) is 7. The molecule has 1 aromatic carbocycles. The number of nitrogens with one attached hydrogen (secondary N) is 1. The van der Waals surface area contributed by atoms with Crippen LogP contribution in [0.1, 0.15) is 23.2 Å². The quantitative estimate of drug-likeness (QED) is 0.704. The lowest BCUT2D eigenvalue weighted by Gasteiger charge is -2.34. The van der Waals surface area contributed by atoms with Crippen LogP contribution in [0, 0.1) is 5.82 Å². The molecule has 0 bridgehead atoms. The van der Waals surface area contributed by atoms with E-state index < -0.39 is 5.82 Å². The second kappa shape index (κ2) is 8.96. The van der Waals surface area contributed by atoms with Gasteiger partial charge in [0.15, 0.2) is 5.75 Å². The van der Waals surface area contributed by atoms with Crippen molar-refractivity contribution in [2.24, 2.45) is 0 Å². The Morgan fingerprint density at radius 3 is 2.82 bits per heavy atom. The van der Waals surface area contributed by atoms with Crippen LogP contribution >= 0.6 is 11.6 Å². The largest absolute Gasteiger partial charge is 0.507 e. The van der Waals surface area contributed by atoms with Gasteiger partial charge in [-0.25, -0.2) is 9.37 Å². The first-order valence-corrected chi connectivity index (χ1v) is 11.5. The third kappa shape index (κ3) is 4.09. The van der Waals surface area contributed by atoms with Gasteiger partial charge in [0.2, 0.25) is 5.88 Å². The Bertz CT molecular complexity index is 1060. The molecule has 10 heteroatoms. The van der Waals surface area contributed by atoms with Gasteiger partial charge in [-0.1, -0.05) is 17.7 Å². The zero-order valence-electron chi connectivity index (χ0n) is 18.3. The zero-order chi connectivity index (χ0) is 23.1. The van der Waals surface area contributed by atoms with Gasteiger partial charge in [-0.15, -0.1) is 0 Å². The molecule has 0 unspecified atom stereocenters. The minimum absolute atomic E-state index is 0.0141. The third-order valence-electron chi connectivity index (χ3n) is 6.48. The highest BCUT2D eigenvalue weighted by atomic mass is 35.5. The number of pyridine rings is 1. The molecule has 4 heterocycles. The van der Waals surface area contributed by atoms with Gasteiger partial charge in [-0.3, -0.25) is 4.79 Å². The van der Waals surface area contributed by atoms with Crippen molar-refractivity contribution in [2.45, 2.75) is 25.0 Å². The number of nitrogens with zero attached hydrogens (tertiary/aromatic N) is 3. The van der Waals surface area contributed by atoms with Crippen molar-refractivity contribution in [3.05, 3.63) is 34.6 Å². The van der Waals surface area contributed by atoms with Gasteiger partial charge in [0, 0.05) is 32.7 Å². The number of ether oxygens (including phenoxy) is 2. The van der Waals surface area contributed by atoms with Gasteiger partial charge in [-0.2, -0.15) is 0 Å². The first kappa shape index (κ1) is 22.2. The number of piperidine rings is 1. The predicted molar refractivity (Wildman–Crippen MR) is 121 cm³/mol. The molecule has 0 radical (unpaired) electrons. The molecular formula is C23H26ClFN4O4. The van der Waals surface area contributed by atoms with E-state index in [2.05, 4.69) is 15.2 Å². The normalized spacial score (nSPS) is 21.7. The molecule has 1 atom stereocenters. The summed E-state index contributed by atoms with van der Waals surface area (Å²) >= 11 is 6.66. The van der Waals surface area contributed by atoms with Gasteiger partial charge in [-0.05, 0) is 32.0 Å². The van der Waals surface area contributed by atoms with E-state index >= 15 is 0 Å². The number of aromatic hydroxyl groups is 1. The van der Waals surface area contributed by atoms with E-state index in [1.807, 2.05) is 7.05 Å². The van der Waals surface area contributed by atoms with Crippen molar-refractivity contribution >= 4 is 17.5 Å². The molecule has 3 aliphatic rings. The maximum Gasteiger partial charge on any atom is 0.263 e.